The van der Waals surface area contributed by atoms with Gasteiger partial charge in [-0.2, -0.15) is 0 Å². The van der Waals surface area contributed by atoms with Crippen LogP contribution in [-0.2, 0) is 0 Å². The van der Waals surface area contributed by atoms with Gasteiger partial charge in [-0.1, -0.05) is 6.07 Å². The summed E-state index contributed by atoms with van der Waals surface area (Å²) in [6.07, 6.45) is 3.91. The van der Waals surface area contributed by atoms with Crippen LogP contribution in [-0.4, -0.2) is 26.5 Å². The van der Waals surface area contributed by atoms with Gasteiger partial charge in [0.15, 0.2) is 5.65 Å². The number of rotatable bonds is 2. The molecule has 0 bridgehead atoms. The molecule has 0 aliphatic heterocycles. The van der Waals surface area contributed by atoms with Crippen LogP contribution in [0.1, 0.15) is 23.5 Å². The Bertz CT molecular complexity index is 482. The van der Waals surface area contributed by atoms with Gasteiger partial charge in [0.1, 0.15) is 0 Å². The summed E-state index contributed by atoms with van der Waals surface area (Å²) in [5.74, 6) is 0.0642. The van der Waals surface area contributed by atoms with Gasteiger partial charge in [0, 0.05) is 12.2 Å². The first kappa shape index (κ1) is 8.40. The maximum Gasteiger partial charge on any atom is 0.291 e. The fourth-order valence-corrected chi connectivity index (χ4v) is 1.41. The highest BCUT2D eigenvalue weighted by Gasteiger charge is 2.25. The Morgan fingerprint density at radius 1 is 1.47 bits per heavy atom. The van der Waals surface area contributed by atoms with Crippen molar-refractivity contribution in [3.8, 4) is 0 Å². The molecule has 15 heavy (non-hydrogen) atoms. The quantitative estimate of drug-likeness (QED) is 0.776. The molecule has 1 aliphatic carbocycles. The molecule has 2 heterocycles. The molecule has 0 spiro atoms. The van der Waals surface area contributed by atoms with Crippen molar-refractivity contribution in [2.24, 2.45) is 0 Å². The van der Waals surface area contributed by atoms with Crippen molar-refractivity contribution in [1.82, 2.24) is 19.9 Å². The van der Waals surface area contributed by atoms with Crippen molar-refractivity contribution >= 4 is 11.6 Å². The van der Waals surface area contributed by atoms with Crippen LogP contribution in [0, 0.1) is 0 Å². The Morgan fingerprint density at radius 3 is 3.07 bits per heavy atom. The third-order valence-corrected chi connectivity index (χ3v) is 2.36. The van der Waals surface area contributed by atoms with Crippen LogP contribution in [0.3, 0.4) is 0 Å². The zero-order valence-electron chi connectivity index (χ0n) is 8.05. The van der Waals surface area contributed by atoms with E-state index >= 15 is 0 Å². The average Bonchev–Trinajstić information content (AvgIpc) is 2.95. The molecule has 5 nitrogen and oxygen atoms in total. The molecule has 76 valence electrons. The van der Waals surface area contributed by atoms with E-state index in [2.05, 4.69) is 15.4 Å². The molecule has 2 aromatic heterocycles. The number of hydrogen-bond donors (Lipinski definition) is 1. The summed E-state index contributed by atoms with van der Waals surface area (Å²) in [6.45, 7) is 0. The van der Waals surface area contributed by atoms with Gasteiger partial charge in [-0.25, -0.2) is 9.50 Å². The second-order valence-corrected chi connectivity index (χ2v) is 3.69. The monoisotopic (exact) mass is 202 g/mol. The number of pyridine rings is 1. The van der Waals surface area contributed by atoms with E-state index in [1.165, 1.54) is 0 Å². The molecule has 1 amide bonds. The van der Waals surface area contributed by atoms with Gasteiger partial charge in [0.25, 0.3) is 5.91 Å². The first-order valence-electron chi connectivity index (χ1n) is 4.95. The number of carbonyl (C=O) groups is 1. The number of nitrogens with zero attached hydrogens (tertiary/aromatic N) is 3. The SMILES string of the molecule is O=C(NC1CC1)c1nc2ccccn2n1. The topological polar surface area (TPSA) is 59.3 Å². The zero-order chi connectivity index (χ0) is 10.3. The molecule has 1 saturated carbocycles. The Kier molecular flexibility index (Phi) is 1.71. The van der Waals surface area contributed by atoms with Gasteiger partial charge in [0.2, 0.25) is 5.82 Å². The van der Waals surface area contributed by atoms with E-state index < -0.39 is 0 Å². The number of carbonyl (C=O) groups excluding carboxylic acids is 1. The normalized spacial score (nSPS) is 15.5. The molecule has 1 fully saturated rings. The summed E-state index contributed by atoms with van der Waals surface area (Å²) in [5, 5.41) is 6.94. The van der Waals surface area contributed by atoms with E-state index in [1.54, 1.807) is 10.7 Å². The second-order valence-electron chi connectivity index (χ2n) is 3.69. The van der Waals surface area contributed by atoms with Crippen molar-refractivity contribution < 1.29 is 4.79 Å². The van der Waals surface area contributed by atoms with E-state index in [0.717, 1.165) is 12.8 Å². The molecule has 0 radical (unpaired) electrons. The van der Waals surface area contributed by atoms with Crippen molar-refractivity contribution in [3.63, 3.8) is 0 Å². The third-order valence-electron chi connectivity index (χ3n) is 2.36. The Morgan fingerprint density at radius 2 is 2.33 bits per heavy atom. The Hall–Kier alpha value is -1.91. The number of nitrogens with one attached hydrogen (secondary N) is 1. The lowest BCUT2D eigenvalue weighted by Gasteiger charge is -1.96. The molecule has 1 aliphatic rings. The Labute approximate surface area is 86.1 Å². The van der Waals surface area contributed by atoms with Crippen LogP contribution in [0.15, 0.2) is 24.4 Å². The minimum atomic E-state index is -0.179. The zero-order valence-corrected chi connectivity index (χ0v) is 8.05. The minimum absolute atomic E-state index is 0.179. The number of fused-ring (bicyclic) bond motifs is 1. The van der Waals surface area contributed by atoms with Gasteiger partial charge in [-0.3, -0.25) is 4.79 Å². The lowest BCUT2D eigenvalue weighted by atomic mass is 10.5. The van der Waals surface area contributed by atoms with Crippen molar-refractivity contribution in [1.29, 1.82) is 0 Å². The van der Waals surface area contributed by atoms with E-state index in [0.29, 0.717) is 11.7 Å². The van der Waals surface area contributed by atoms with E-state index in [1.807, 2.05) is 18.2 Å². The predicted molar refractivity (Wildman–Crippen MR) is 53.5 cm³/mol. The van der Waals surface area contributed by atoms with Crippen molar-refractivity contribution in [2.75, 3.05) is 0 Å². The molecule has 0 atom stereocenters. The highest BCUT2D eigenvalue weighted by molar-refractivity contribution is 5.91. The summed E-state index contributed by atoms with van der Waals surface area (Å²) >= 11 is 0. The van der Waals surface area contributed by atoms with Gasteiger partial charge in [-0.15, -0.1) is 5.10 Å². The van der Waals surface area contributed by atoms with E-state index in [4.69, 9.17) is 0 Å². The number of amides is 1. The molecule has 3 rings (SSSR count). The maximum absolute atomic E-state index is 11.6. The van der Waals surface area contributed by atoms with Crippen LogP contribution in [0.2, 0.25) is 0 Å². The fourth-order valence-electron chi connectivity index (χ4n) is 1.41. The first-order valence-corrected chi connectivity index (χ1v) is 4.95. The highest BCUT2D eigenvalue weighted by Crippen LogP contribution is 2.18. The molecular weight excluding hydrogens is 192 g/mol. The predicted octanol–water partition coefficient (Wildman–Crippen LogP) is 0.621. The van der Waals surface area contributed by atoms with Gasteiger partial charge in [0.05, 0.1) is 0 Å². The maximum atomic E-state index is 11.6. The highest BCUT2D eigenvalue weighted by atomic mass is 16.2. The summed E-state index contributed by atoms with van der Waals surface area (Å²) in [7, 11) is 0. The molecule has 2 aromatic rings. The standard InChI is InChI=1S/C10H10N4O/c15-10(11-7-4-5-7)9-12-8-3-1-2-6-14(8)13-9/h1-3,6-7H,4-5H2,(H,11,15). The number of aromatic nitrogens is 3. The van der Waals surface area contributed by atoms with E-state index in [9.17, 15) is 4.79 Å². The molecular formula is C10H10N4O. The summed E-state index contributed by atoms with van der Waals surface area (Å²) in [6, 6.07) is 5.88. The summed E-state index contributed by atoms with van der Waals surface area (Å²) in [5.41, 5.74) is 0.693. The first-order chi connectivity index (χ1) is 7.33. The minimum Gasteiger partial charge on any atom is -0.347 e. The smallest absolute Gasteiger partial charge is 0.291 e. The van der Waals surface area contributed by atoms with Gasteiger partial charge in [-0.05, 0) is 25.0 Å². The average molecular weight is 202 g/mol. The third kappa shape index (κ3) is 1.56. The van der Waals surface area contributed by atoms with Gasteiger partial charge >= 0.3 is 0 Å². The largest absolute Gasteiger partial charge is 0.347 e. The van der Waals surface area contributed by atoms with E-state index in [-0.39, 0.29) is 11.7 Å². The summed E-state index contributed by atoms with van der Waals surface area (Å²) < 4.78 is 1.60. The van der Waals surface area contributed by atoms with Crippen LogP contribution in [0.25, 0.3) is 5.65 Å². The lowest BCUT2D eigenvalue weighted by Crippen LogP contribution is -2.26. The second kappa shape index (κ2) is 3.05. The van der Waals surface area contributed by atoms with Crippen molar-refractivity contribution in [3.05, 3.63) is 30.2 Å². The summed E-state index contributed by atoms with van der Waals surface area (Å²) in [4.78, 5) is 15.7. The van der Waals surface area contributed by atoms with Crippen LogP contribution < -0.4 is 5.32 Å². The number of hydrogen-bond acceptors (Lipinski definition) is 3. The molecule has 0 saturated heterocycles. The van der Waals surface area contributed by atoms with Crippen LogP contribution in [0.5, 0.6) is 0 Å². The Balaban J connectivity index is 1.92. The van der Waals surface area contributed by atoms with Gasteiger partial charge < -0.3 is 5.32 Å². The fraction of sp³-hybridized carbons (Fsp3) is 0.300. The molecule has 0 unspecified atom stereocenters. The van der Waals surface area contributed by atoms with Crippen LogP contribution in [0.4, 0.5) is 0 Å². The van der Waals surface area contributed by atoms with Crippen molar-refractivity contribution in [2.45, 2.75) is 18.9 Å². The molecule has 1 N–H and O–H groups in total. The lowest BCUT2D eigenvalue weighted by molar-refractivity contribution is 0.0941. The van der Waals surface area contributed by atoms with Crippen LogP contribution >= 0.6 is 0 Å². The molecule has 0 aromatic carbocycles. The molecule has 5 heteroatoms.